The number of rotatable bonds is 4. The minimum absolute atomic E-state index is 0. The molecule has 0 aliphatic rings. The fourth-order valence-corrected chi connectivity index (χ4v) is 0.474. The number of allylic oxidation sites excluding steroid dienone is 2. The Morgan fingerprint density at radius 1 is 1.55 bits per heavy atom. The molecule has 3 nitrogen and oxygen atoms in total. The summed E-state index contributed by atoms with van der Waals surface area (Å²) in [5.41, 5.74) is 0.426. The van der Waals surface area contributed by atoms with Gasteiger partial charge >= 0.3 is 51.4 Å². The molecule has 0 aliphatic heterocycles. The normalized spacial score (nSPS) is 11.2. The van der Waals surface area contributed by atoms with Crippen LogP contribution in [0.15, 0.2) is 24.0 Å². The van der Waals surface area contributed by atoms with E-state index in [1.807, 2.05) is 0 Å². The predicted molar refractivity (Wildman–Crippen MR) is 35.0 cm³/mol. The van der Waals surface area contributed by atoms with E-state index in [0.717, 1.165) is 0 Å². The van der Waals surface area contributed by atoms with Crippen LogP contribution in [0.2, 0.25) is 0 Å². The third kappa shape index (κ3) is 8.45. The minimum Gasteiger partial charge on any atom is -0.878 e. The molecule has 0 rings (SSSR count). The van der Waals surface area contributed by atoms with E-state index in [4.69, 9.17) is 5.11 Å². The molecular formula is C7H9KO3. The van der Waals surface area contributed by atoms with E-state index in [0.29, 0.717) is 24.5 Å². The molecule has 0 bridgehead atoms. The first-order valence-corrected chi connectivity index (χ1v) is 2.89. The molecule has 0 aromatic carbocycles. The van der Waals surface area contributed by atoms with Crippen LogP contribution in [0.25, 0.3) is 0 Å². The van der Waals surface area contributed by atoms with Gasteiger partial charge in [0.2, 0.25) is 0 Å². The third-order valence-corrected chi connectivity index (χ3v) is 0.941. The Morgan fingerprint density at radius 2 is 2.18 bits per heavy atom. The van der Waals surface area contributed by atoms with Crippen molar-refractivity contribution in [2.24, 2.45) is 0 Å². The standard InChI is InChI=1S/C7H10O3.K/c8-4-1-2-7(6-10)3-5-9;/h1-2,4,6,8-9H,3,5H2;/q;+1/p-1/b4-1+,7-2+;. The number of aldehydes is 1. The molecule has 0 atom stereocenters. The van der Waals surface area contributed by atoms with Crippen molar-refractivity contribution >= 4 is 6.29 Å². The van der Waals surface area contributed by atoms with Crippen molar-refractivity contribution in [1.29, 1.82) is 0 Å². The maximum absolute atomic E-state index is 10.1. The number of hydrogen-bond acceptors (Lipinski definition) is 3. The van der Waals surface area contributed by atoms with Gasteiger partial charge in [-0.1, -0.05) is 12.2 Å². The molecule has 0 aliphatic carbocycles. The summed E-state index contributed by atoms with van der Waals surface area (Å²) < 4.78 is 0. The molecule has 0 unspecified atom stereocenters. The van der Waals surface area contributed by atoms with Gasteiger partial charge in [0.05, 0.1) is 0 Å². The van der Waals surface area contributed by atoms with Crippen LogP contribution in [0.5, 0.6) is 0 Å². The van der Waals surface area contributed by atoms with Gasteiger partial charge in [0.25, 0.3) is 0 Å². The van der Waals surface area contributed by atoms with Crippen LogP contribution in [0.3, 0.4) is 0 Å². The van der Waals surface area contributed by atoms with Crippen molar-refractivity contribution in [3.8, 4) is 0 Å². The second-order valence-corrected chi connectivity index (χ2v) is 1.66. The van der Waals surface area contributed by atoms with Gasteiger partial charge in [0, 0.05) is 6.61 Å². The van der Waals surface area contributed by atoms with Crippen molar-refractivity contribution in [3.05, 3.63) is 24.0 Å². The van der Waals surface area contributed by atoms with Crippen molar-refractivity contribution in [3.63, 3.8) is 0 Å². The van der Waals surface area contributed by atoms with Crippen molar-refractivity contribution in [2.45, 2.75) is 6.42 Å². The maximum Gasteiger partial charge on any atom is 1.00 e. The van der Waals surface area contributed by atoms with Gasteiger partial charge in [-0.25, -0.2) is 0 Å². The number of aliphatic hydroxyl groups is 1. The van der Waals surface area contributed by atoms with E-state index >= 15 is 0 Å². The monoisotopic (exact) mass is 180 g/mol. The van der Waals surface area contributed by atoms with Crippen molar-refractivity contribution in [2.75, 3.05) is 6.61 Å². The molecule has 0 fully saturated rings. The predicted octanol–water partition coefficient (Wildman–Crippen LogP) is -3.63. The zero-order valence-corrected chi connectivity index (χ0v) is 9.61. The van der Waals surface area contributed by atoms with Crippen molar-refractivity contribution < 1.29 is 66.4 Å². The molecular weight excluding hydrogens is 171 g/mol. The first kappa shape index (κ1) is 14.1. The van der Waals surface area contributed by atoms with Crippen LogP contribution < -0.4 is 56.5 Å². The molecule has 56 valence electrons. The quantitative estimate of drug-likeness (QED) is 0.160. The smallest absolute Gasteiger partial charge is 0.878 e. The SMILES string of the molecule is O=C/C(=C/C=C/[O-])CCO.[K+]. The van der Waals surface area contributed by atoms with E-state index in [1.165, 1.54) is 12.2 Å². The van der Waals surface area contributed by atoms with Gasteiger partial charge in [-0.2, -0.15) is 0 Å². The average Bonchev–Trinajstić information content (AvgIpc) is 1.98. The van der Waals surface area contributed by atoms with Gasteiger partial charge in [0.15, 0.2) is 0 Å². The zero-order valence-electron chi connectivity index (χ0n) is 6.49. The summed E-state index contributed by atoms with van der Waals surface area (Å²) in [6, 6.07) is 0. The molecule has 0 spiro atoms. The molecule has 11 heavy (non-hydrogen) atoms. The Bertz CT molecular complexity index is 152. The summed E-state index contributed by atoms with van der Waals surface area (Å²) in [5.74, 6) is 0. The van der Waals surface area contributed by atoms with Crippen LogP contribution in [0, 0.1) is 0 Å². The van der Waals surface area contributed by atoms with Crippen LogP contribution in [0.4, 0.5) is 0 Å². The Balaban J connectivity index is 0. The van der Waals surface area contributed by atoms with E-state index < -0.39 is 0 Å². The first-order chi connectivity index (χ1) is 4.85. The van der Waals surface area contributed by atoms with Crippen LogP contribution in [-0.4, -0.2) is 18.0 Å². The first-order valence-electron chi connectivity index (χ1n) is 2.89. The summed E-state index contributed by atoms with van der Waals surface area (Å²) in [6.07, 6.45) is 4.11. The Labute approximate surface area is 108 Å². The largest absolute Gasteiger partial charge is 1.00 e. The van der Waals surface area contributed by atoms with Crippen LogP contribution >= 0.6 is 0 Å². The molecule has 1 N–H and O–H groups in total. The zero-order chi connectivity index (χ0) is 7.82. The molecule has 0 aromatic heterocycles. The summed E-state index contributed by atoms with van der Waals surface area (Å²) in [6.45, 7) is -0.0722. The number of aliphatic hydroxyl groups excluding tert-OH is 1. The molecule has 0 amide bonds. The van der Waals surface area contributed by atoms with E-state index in [9.17, 15) is 9.90 Å². The Kier molecular flexibility index (Phi) is 13.5. The number of hydrogen-bond donors (Lipinski definition) is 1. The number of carbonyl (C=O) groups is 1. The third-order valence-electron chi connectivity index (χ3n) is 0.941. The van der Waals surface area contributed by atoms with Gasteiger partial charge in [-0.15, -0.1) is 6.26 Å². The molecule has 0 heterocycles. The van der Waals surface area contributed by atoms with Gasteiger partial charge in [0.1, 0.15) is 6.29 Å². The second-order valence-electron chi connectivity index (χ2n) is 1.66. The Morgan fingerprint density at radius 3 is 2.55 bits per heavy atom. The fourth-order valence-electron chi connectivity index (χ4n) is 0.474. The summed E-state index contributed by atoms with van der Waals surface area (Å²) in [4.78, 5) is 10.1. The van der Waals surface area contributed by atoms with E-state index in [1.54, 1.807) is 0 Å². The molecule has 0 saturated heterocycles. The topological polar surface area (TPSA) is 60.4 Å². The molecule has 0 saturated carbocycles. The maximum atomic E-state index is 10.1. The van der Waals surface area contributed by atoms with E-state index in [2.05, 4.69) is 0 Å². The van der Waals surface area contributed by atoms with Gasteiger partial charge < -0.3 is 10.2 Å². The molecule has 4 heteroatoms. The van der Waals surface area contributed by atoms with Crippen molar-refractivity contribution in [1.82, 2.24) is 0 Å². The van der Waals surface area contributed by atoms with Crippen LogP contribution in [0.1, 0.15) is 6.42 Å². The summed E-state index contributed by atoms with van der Waals surface area (Å²) >= 11 is 0. The molecule has 0 radical (unpaired) electrons. The summed E-state index contributed by atoms with van der Waals surface area (Å²) in [5, 5.41) is 18.1. The number of carbonyl (C=O) groups excluding carboxylic acids is 1. The van der Waals surface area contributed by atoms with Gasteiger partial charge in [-0.3, -0.25) is 4.79 Å². The minimum atomic E-state index is -0.0722. The Hall–Kier alpha value is 0.546. The fraction of sp³-hybridized carbons (Fsp3) is 0.286. The summed E-state index contributed by atoms with van der Waals surface area (Å²) in [7, 11) is 0. The van der Waals surface area contributed by atoms with Crippen LogP contribution in [-0.2, 0) is 4.79 Å². The van der Waals surface area contributed by atoms with E-state index in [-0.39, 0.29) is 58.0 Å². The second kappa shape index (κ2) is 10.5. The average molecular weight is 180 g/mol. The molecule has 0 aromatic rings. The van der Waals surface area contributed by atoms with Gasteiger partial charge in [-0.05, 0) is 12.0 Å².